The molecule has 98 valence electrons. The quantitative estimate of drug-likeness (QED) is 0.862. The molecule has 2 heterocycles. The van der Waals surface area contributed by atoms with E-state index in [9.17, 15) is 9.90 Å². The summed E-state index contributed by atoms with van der Waals surface area (Å²) < 4.78 is 5.32. The van der Waals surface area contributed by atoms with Crippen molar-refractivity contribution in [3.05, 3.63) is 24.0 Å². The van der Waals surface area contributed by atoms with E-state index in [2.05, 4.69) is 4.98 Å². The van der Waals surface area contributed by atoms with Gasteiger partial charge in [-0.25, -0.2) is 0 Å². The highest BCUT2D eigenvalue weighted by molar-refractivity contribution is 5.94. The Morgan fingerprint density at radius 2 is 2.33 bits per heavy atom. The van der Waals surface area contributed by atoms with Crippen LogP contribution in [0.15, 0.2) is 18.5 Å². The van der Waals surface area contributed by atoms with Crippen LogP contribution in [0.2, 0.25) is 0 Å². The summed E-state index contributed by atoms with van der Waals surface area (Å²) >= 11 is 0. The first kappa shape index (κ1) is 12.8. The highest BCUT2D eigenvalue weighted by atomic mass is 16.5. The van der Waals surface area contributed by atoms with E-state index in [0.717, 1.165) is 12.8 Å². The Morgan fingerprint density at radius 1 is 1.56 bits per heavy atom. The molecule has 0 saturated carbocycles. The smallest absolute Gasteiger partial charge is 0.255 e. The van der Waals surface area contributed by atoms with Gasteiger partial charge in [0.05, 0.1) is 17.9 Å². The zero-order chi connectivity index (χ0) is 13.1. The van der Waals surface area contributed by atoms with Crippen molar-refractivity contribution in [2.24, 2.45) is 0 Å². The largest absolute Gasteiger partial charge is 0.506 e. The fourth-order valence-electron chi connectivity index (χ4n) is 2.36. The summed E-state index contributed by atoms with van der Waals surface area (Å²) in [5.74, 6) is -0.0688. The van der Waals surface area contributed by atoms with Gasteiger partial charge < -0.3 is 14.7 Å². The molecule has 2 rings (SSSR count). The molecule has 0 bridgehead atoms. The van der Waals surface area contributed by atoms with Crippen molar-refractivity contribution < 1.29 is 14.6 Å². The van der Waals surface area contributed by atoms with Gasteiger partial charge >= 0.3 is 0 Å². The van der Waals surface area contributed by atoms with Gasteiger partial charge in [0.15, 0.2) is 0 Å². The fourth-order valence-corrected chi connectivity index (χ4v) is 2.36. The topological polar surface area (TPSA) is 62.7 Å². The summed E-state index contributed by atoms with van der Waals surface area (Å²) in [4.78, 5) is 17.9. The van der Waals surface area contributed by atoms with Gasteiger partial charge in [-0.1, -0.05) is 0 Å². The number of hydrogen-bond donors (Lipinski definition) is 1. The Hall–Kier alpha value is -1.62. The standard InChI is InChI=1S/C13H18N2O3/c1-9-5-12(18-2)3-4-15(9)13(17)10-6-11(16)8-14-7-10/h6-9,12,16H,3-5H2,1-2H3. The first-order chi connectivity index (χ1) is 8.61. The number of methoxy groups -OCH3 is 1. The van der Waals surface area contributed by atoms with Crippen molar-refractivity contribution in [3.8, 4) is 5.75 Å². The minimum absolute atomic E-state index is 0.0141. The van der Waals surface area contributed by atoms with Gasteiger partial charge in [-0.15, -0.1) is 0 Å². The van der Waals surface area contributed by atoms with Crippen molar-refractivity contribution in [3.63, 3.8) is 0 Å². The molecule has 0 aromatic carbocycles. The molecular weight excluding hydrogens is 232 g/mol. The first-order valence-electron chi connectivity index (χ1n) is 6.09. The second kappa shape index (κ2) is 5.35. The summed E-state index contributed by atoms with van der Waals surface area (Å²) in [5.41, 5.74) is 0.428. The molecule has 5 heteroatoms. The normalized spacial score (nSPS) is 24.0. The molecule has 1 aromatic rings. The maximum atomic E-state index is 12.3. The Labute approximate surface area is 106 Å². The number of nitrogens with zero attached hydrogens (tertiary/aromatic N) is 2. The summed E-state index contributed by atoms with van der Waals surface area (Å²) in [6, 6.07) is 1.59. The monoisotopic (exact) mass is 250 g/mol. The summed E-state index contributed by atoms with van der Waals surface area (Å²) in [6.07, 6.45) is 4.72. The predicted molar refractivity (Wildman–Crippen MR) is 66.4 cm³/mol. The SMILES string of the molecule is COC1CCN(C(=O)c2cncc(O)c2)C(C)C1. The van der Waals surface area contributed by atoms with Crippen molar-refractivity contribution in [1.29, 1.82) is 0 Å². The van der Waals surface area contributed by atoms with Gasteiger partial charge in [-0.05, 0) is 25.8 Å². The summed E-state index contributed by atoms with van der Waals surface area (Å²) in [7, 11) is 1.70. The number of carbonyl (C=O) groups is 1. The van der Waals surface area contributed by atoms with Crippen LogP contribution in [0.1, 0.15) is 30.1 Å². The lowest BCUT2D eigenvalue weighted by atomic mass is 9.99. The van der Waals surface area contributed by atoms with Crippen LogP contribution in [-0.4, -0.2) is 46.7 Å². The zero-order valence-corrected chi connectivity index (χ0v) is 10.7. The lowest BCUT2D eigenvalue weighted by Gasteiger charge is -2.37. The van der Waals surface area contributed by atoms with Crippen LogP contribution >= 0.6 is 0 Å². The third-order valence-electron chi connectivity index (χ3n) is 3.39. The van der Waals surface area contributed by atoms with Crippen molar-refractivity contribution >= 4 is 5.91 Å². The molecule has 1 aliphatic heterocycles. The number of aromatic nitrogens is 1. The molecule has 1 amide bonds. The highest BCUT2D eigenvalue weighted by Gasteiger charge is 2.29. The molecule has 1 aliphatic rings. The molecule has 0 spiro atoms. The molecular formula is C13H18N2O3. The number of ether oxygens (including phenoxy) is 1. The number of rotatable bonds is 2. The molecule has 18 heavy (non-hydrogen) atoms. The minimum Gasteiger partial charge on any atom is -0.506 e. The zero-order valence-electron chi connectivity index (χ0n) is 10.7. The second-order valence-electron chi connectivity index (χ2n) is 4.66. The molecule has 2 atom stereocenters. The molecule has 2 unspecified atom stereocenters. The molecule has 0 aliphatic carbocycles. The van der Waals surface area contributed by atoms with Gasteiger partial charge in [0, 0.05) is 25.9 Å². The van der Waals surface area contributed by atoms with E-state index in [1.807, 2.05) is 11.8 Å². The highest BCUT2D eigenvalue weighted by Crippen LogP contribution is 2.22. The van der Waals surface area contributed by atoms with Crippen LogP contribution in [0.25, 0.3) is 0 Å². The predicted octanol–water partition coefficient (Wildman–Crippen LogP) is 1.43. The van der Waals surface area contributed by atoms with Crippen LogP contribution in [0.3, 0.4) is 0 Å². The van der Waals surface area contributed by atoms with Crippen LogP contribution in [-0.2, 0) is 4.74 Å². The van der Waals surface area contributed by atoms with Gasteiger partial charge in [0.2, 0.25) is 0 Å². The van der Waals surface area contributed by atoms with Crippen molar-refractivity contribution in [2.45, 2.75) is 31.9 Å². The Bertz CT molecular complexity index is 436. The molecule has 1 fully saturated rings. The van der Waals surface area contributed by atoms with Crippen LogP contribution in [0.4, 0.5) is 0 Å². The lowest BCUT2D eigenvalue weighted by molar-refractivity contribution is 0.0159. The molecule has 0 radical (unpaired) electrons. The maximum Gasteiger partial charge on any atom is 0.255 e. The first-order valence-corrected chi connectivity index (χ1v) is 6.09. The van der Waals surface area contributed by atoms with E-state index in [0.29, 0.717) is 12.1 Å². The second-order valence-corrected chi connectivity index (χ2v) is 4.66. The number of likely N-dealkylation sites (tertiary alicyclic amines) is 1. The number of hydrogen-bond acceptors (Lipinski definition) is 4. The lowest BCUT2D eigenvalue weighted by Crippen LogP contribution is -2.46. The van der Waals surface area contributed by atoms with Gasteiger partial charge in [0.25, 0.3) is 5.91 Å². The Morgan fingerprint density at radius 3 is 2.94 bits per heavy atom. The number of piperidine rings is 1. The third-order valence-corrected chi connectivity index (χ3v) is 3.39. The maximum absolute atomic E-state index is 12.3. The molecule has 1 saturated heterocycles. The van der Waals surface area contributed by atoms with Gasteiger partial charge in [-0.3, -0.25) is 9.78 Å². The Balaban J connectivity index is 2.10. The molecule has 5 nitrogen and oxygen atoms in total. The van der Waals surface area contributed by atoms with Crippen molar-refractivity contribution in [2.75, 3.05) is 13.7 Å². The van der Waals surface area contributed by atoms with Gasteiger partial charge in [0.1, 0.15) is 5.75 Å². The van der Waals surface area contributed by atoms with E-state index < -0.39 is 0 Å². The summed E-state index contributed by atoms with van der Waals surface area (Å²) in [5, 5.41) is 9.35. The number of carbonyl (C=O) groups excluding carboxylic acids is 1. The average Bonchev–Trinajstić information content (AvgIpc) is 2.37. The van der Waals surface area contributed by atoms with E-state index in [-0.39, 0.29) is 23.8 Å². The number of pyridine rings is 1. The van der Waals surface area contributed by atoms with Crippen LogP contribution in [0.5, 0.6) is 5.75 Å². The number of amides is 1. The third kappa shape index (κ3) is 2.61. The van der Waals surface area contributed by atoms with E-state index >= 15 is 0 Å². The molecule has 1 aromatic heterocycles. The van der Waals surface area contributed by atoms with E-state index in [4.69, 9.17) is 4.74 Å². The Kier molecular flexibility index (Phi) is 3.81. The van der Waals surface area contributed by atoms with E-state index in [1.165, 1.54) is 18.5 Å². The van der Waals surface area contributed by atoms with Crippen LogP contribution < -0.4 is 0 Å². The van der Waals surface area contributed by atoms with Crippen molar-refractivity contribution in [1.82, 2.24) is 9.88 Å². The van der Waals surface area contributed by atoms with Crippen LogP contribution in [0, 0.1) is 0 Å². The van der Waals surface area contributed by atoms with Gasteiger partial charge in [-0.2, -0.15) is 0 Å². The minimum atomic E-state index is -0.0829. The number of aromatic hydroxyl groups is 1. The summed E-state index contributed by atoms with van der Waals surface area (Å²) in [6.45, 7) is 2.69. The fraction of sp³-hybridized carbons (Fsp3) is 0.538. The average molecular weight is 250 g/mol. The molecule has 1 N–H and O–H groups in total. The van der Waals surface area contributed by atoms with E-state index in [1.54, 1.807) is 7.11 Å².